The summed E-state index contributed by atoms with van der Waals surface area (Å²) in [5.74, 6) is 0.339. The minimum Gasteiger partial charge on any atom is -0.374 e. The molecule has 1 aromatic rings. The van der Waals surface area contributed by atoms with E-state index in [9.17, 15) is 9.59 Å². The van der Waals surface area contributed by atoms with Gasteiger partial charge in [0.15, 0.2) is 0 Å². The normalized spacial score (nSPS) is 21.6. The van der Waals surface area contributed by atoms with Gasteiger partial charge in [-0.25, -0.2) is 0 Å². The van der Waals surface area contributed by atoms with Crippen molar-refractivity contribution in [2.75, 3.05) is 5.32 Å². The van der Waals surface area contributed by atoms with E-state index in [2.05, 4.69) is 57.4 Å². The van der Waals surface area contributed by atoms with Crippen molar-refractivity contribution in [1.29, 1.82) is 0 Å². The summed E-state index contributed by atoms with van der Waals surface area (Å²) in [6.07, 6.45) is 1.83. The van der Waals surface area contributed by atoms with Gasteiger partial charge in [0, 0.05) is 17.6 Å². The molecule has 3 unspecified atom stereocenters. The molecule has 0 bridgehead atoms. The molecule has 1 aliphatic rings. The Hall–Kier alpha value is -1.88. The Kier molecular flexibility index (Phi) is 5.88. The smallest absolute Gasteiger partial charge is 0.249 e. The number of hydrogen-bond acceptors (Lipinski definition) is 4. The molecule has 0 aromatic heterocycles. The van der Waals surface area contributed by atoms with Gasteiger partial charge in [0.2, 0.25) is 11.8 Å². The molecule has 1 aromatic carbocycles. The van der Waals surface area contributed by atoms with Crippen LogP contribution in [0.25, 0.3) is 0 Å². The van der Waals surface area contributed by atoms with Gasteiger partial charge in [-0.2, -0.15) is 0 Å². The van der Waals surface area contributed by atoms with Gasteiger partial charge in [-0.1, -0.05) is 26.8 Å². The Bertz CT molecular complexity index is 652. The van der Waals surface area contributed by atoms with Gasteiger partial charge in [0.05, 0.1) is 0 Å². The van der Waals surface area contributed by atoms with Crippen molar-refractivity contribution in [2.24, 2.45) is 11.7 Å². The zero-order valence-corrected chi connectivity index (χ0v) is 16.0. The number of nitrogens with one attached hydrogen (secondary N) is 2. The molecule has 0 radical (unpaired) electrons. The molecule has 1 heterocycles. The molecule has 3 atom stereocenters. The van der Waals surface area contributed by atoms with E-state index >= 15 is 0 Å². The predicted octanol–water partition coefficient (Wildman–Crippen LogP) is 3.08. The average molecular weight is 345 g/mol. The number of imide groups is 1. The molecule has 0 spiro atoms. The highest BCUT2D eigenvalue weighted by molar-refractivity contribution is 6.01. The summed E-state index contributed by atoms with van der Waals surface area (Å²) < 4.78 is 0. The third-order valence-electron chi connectivity index (χ3n) is 5.45. The lowest BCUT2D eigenvalue weighted by Gasteiger charge is -2.32. The van der Waals surface area contributed by atoms with Gasteiger partial charge >= 0.3 is 0 Å². The molecule has 1 fully saturated rings. The number of nitrogens with two attached hydrogens (primary N) is 1. The minimum atomic E-state index is -0.353. The Balaban J connectivity index is 2.07. The van der Waals surface area contributed by atoms with Crippen LogP contribution in [-0.2, 0) is 9.59 Å². The summed E-state index contributed by atoms with van der Waals surface area (Å²) in [6, 6.07) is 5.84. The van der Waals surface area contributed by atoms with E-state index in [1.54, 1.807) is 0 Å². The minimum absolute atomic E-state index is 0.196. The summed E-state index contributed by atoms with van der Waals surface area (Å²) in [6.45, 7) is 10.7. The molecule has 138 valence electrons. The molecule has 5 nitrogen and oxygen atoms in total. The lowest BCUT2D eigenvalue weighted by molar-refractivity contribution is -0.133. The maximum absolute atomic E-state index is 11.9. The molecule has 5 heteroatoms. The Morgan fingerprint density at radius 2 is 2.00 bits per heavy atom. The summed E-state index contributed by atoms with van der Waals surface area (Å²) in [4.78, 5) is 23.1. The van der Waals surface area contributed by atoms with Crippen LogP contribution < -0.4 is 16.4 Å². The summed E-state index contributed by atoms with van der Waals surface area (Å²) in [5.41, 5.74) is 9.62. The number of amides is 2. The van der Waals surface area contributed by atoms with Crippen molar-refractivity contribution in [3.05, 3.63) is 29.3 Å². The average Bonchev–Trinajstić information content (AvgIpc) is 2.49. The van der Waals surface area contributed by atoms with Crippen molar-refractivity contribution < 1.29 is 9.59 Å². The van der Waals surface area contributed by atoms with Gasteiger partial charge in [0.1, 0.15) is 6.04 Å². The molecule has 0 saturated carbocycles. The monoisotopic (exact) mass is 345 g/mol. The maximum Gasteiger partial charge on any atom is 0.249 e. The van der Waals surface area contributed by atoms with Crippen LogP contribution >= 0.6 is 0 Å². The number of hydrogen-bond donors (Lipinski definition) is 3. The number of carbonyl (C=O) groups is 2. The zero-order chi connectivity index (χ0) is 18.8. The summed E-state index contributed by atoms with van der Waals surface area (Å²) in [7, 11) is 0. The number of rotatable bonds is 6. The number of carbonyl (C=O) groups excluding carboxylic acids is 2. The van der Waals surface area contributed by atoms with Crippen LogP contribution in [0.1, 0.15) is 64.0 Å². The lowest BCUT2D eigenvalue weighted by Crippen LogP contribution is -2.47. The standard InChI is InChI=1S/C20H31N3O2/c1-12(2)20(5,21)11-14(4)16-7-6-15(10-13(16)3)22-17-8-9-18(24)23-19(17)25/h6-7,10,12,14,17,22H,8-9,11,21H2,1-5H3,(H,23,24,25). The van der Waals surface area contributed by atoms with E-state index in [1.807, 2.05) is 6.07 Å². The van der Waals surface area contributed by atoms with Crippen molar-refractivity contribution in [2.45, 2.75) is 71.4 Å². The van der Waals surface area contributed by atoms with Gasteiger partial charge < -0.3 is 11.1 Å². The Morgan fingerprint density at radius 1 is 1.32 bits per heavy atom. The van der Waals surface area contributed by atoms with Crippen molar-refractivity contribution >= 4 is 17.5 Å². The van der Waals surface area contributed by atoms with E-state index in [-0.39, 0.29) is 23.4 Å². The number of benzene rings is 1. The number of anilines is 1. The van der Waals surface area contributed by atoms with Crippen LogP contribution in [0, 0.1) is 12.8 Å². The van der Waals surface area contributed by atoms with Gasteiger partial charge in [-0.3, -0.25) is 14.9 Å². The zero-order valence-electron chi connectivity index (χ0n) is 16.0. The molecule has 2 rings (SSSR count). The van der Waals surface area contributed by atoms with Crippen LogP contribution in [0.5, 0.6) is 0 Å². The fraction of sp³-hybridized carbons (Fsp3) is 0.600. The van der Waals surface area contributed by atoms with Crippen molar-refractivity contribution in [1.82, 2.24) is 5.32 Å². The van der Waals surface area contributed by atoms with Gasteiger partial charge in [-0.15, -0.1) is 0 Å². The molecule has 2 amide bonds. The third kappa shape index (κ3) is 4.82. The highest BCUT2D eigenvalue weighted by Gasteiger charge is 2.28. The van der Waals surface area contributed by atoms with Crippen molar-refractivity contribution in [3.8, 4) is 0 Å². The first kappa shape index (κ1) is 19.4. The number of aryl methyl sites for hydroxylation is 1. The molecule has 1 saturated heterocycles. The molecular weight excluding hydrogens is 314 g/mol. The van der Waals surface area contributed by atoms with E-state index in [0.29, 0.717) is 24.7 Å². The second-order valence-electron chi connectivity index (χ2n) is 7.99. The topological polar surface area (TPSA) is 84.2 Å². The van der Waals surface area contributed by atoms with Gasteiger partial charge in [-0.05, 0) is 61.8 Å². The second-order valence-corrected chi connectivity index (χ2v) is 7.99. The quantitative estimate of drug-likeness (QED) is 0.692. The van der Waals surface area contributed by atoms with E-state index in [4.69, 9.17) is 5.73 Å². The first-order valence-electron chi connectivity index (χ1n) is 9.10. The molecule has 25 heavy (non-hydrogen) atoms. The van der Waals surface area contributed by atoms with E-state index in [1.165, 1.54) is 11.1 Å². The Labute approximate surface area is 150 Å². The van der Waals surface area contributed by atoms with E-state index < -0.39 is 0 Å². The first-order chi connectivity index (χ1) is 11.6. The molecule has 0 aliphatic carbocycles. The highest BCUT2D eigenvalue weighted by Crippen LogP contribution is 2.31. The highest BCUT2D eigenvalue weighted by atomic mass is 16.2. The largest absolute Gasteiger partial charge is 0.374 e. The van der Waals surface area contributed by atoms with E-state index in [0.717, 1.165) is 12.1 Å². The van der Waals surface area contributed by atoms with Crippen LogP contribution in [0.2, 0.25) is 0 Å². The first-order valence-corrected chi connectivity index (χ1v) is 9.10. The second kappa shape index (κ2) is 7.56. The molecular formula is C20H31N3O2. The molecule has 1 aliphatic heterocycles. The fourth-order valence-corrected chi connectivity index (χ4v) is 3.36. The fourth-order valence-electron chi connectivity index (χ4n) is 3.36. The van der Waals surface area contributed by atoms with Gasteiger partial charge in [0.25, 0.3) is 0 Å². The SMILES string of the molecule is Cc1cc(NC2CCC(=O)NC2=O)ccc1C(C)CC(C)(N)C(C)C. The maximum atomic E-state index is 11.9. The van der Waals surface area contributed by atoms with Crippen LogP contribution in [0.4, 0.5) is 5.69 Å². The van der Waals surface area contributed by atoms with Crippen molar-refractivity contribution in [3.63, 3.8) is 0 Å². The predicted molar refractivity (Wildman–Crippen MR) is 101 cm³/mol. The Morgan fingerprint density at radius 3 is 2.56 bits per heavy atom. The summed E-state index contributed by atoms with van der Waals surface area (Å²) in [5, 5.41) is 5.61. The molecule has 4 N–H and O–H groups in total. The lowest BCUT2D eigenvalue weighted by atomic mass is 9.79. The van der Waals surface area contributed by atoms with Crippen LogP contribution in [0.15, 0.2) is 18.2 Å². The number of piperidine rings is 1. The van der Waals surface area contributed by atoms with Crippen LogP contribution in [-0.4, -0.2) is 23.4 Å². The van der Waals surface area contributed by atoms with Crippen LogP contribution in [0.3, 0.4) is 0 Å². The summed E-state index contributed by atoms with van der Waals surface area (Å²) >= 11 is 0. The third-order valence-corrected chi connectivity index (χ3v) is 5.45.